The van der Waals surface area contributed by atoms with Gasteiger partial charge < -0.3 is 5.73 Å². The van der Waals surface area contributed by atoms with Crippen LogP contribution in [0.3, 0.4) is 0 Å². The molecule has 1 aromatic carbocycles. The first-order valence-corrected chi connectivity index (χ1v) is 7.84. The van der Waals surface area contributed by atoms with Gasteiger partial charge in [-0.1, -0.05) is 18.2 Å². The molecule has 2 N–H and O–H groups in total. The van der Waals surface area contributed by atoms with Gasteiger partial charge in [-0.2, -0.15) is 4.31 Å². The van der Waals surface area contributed by atoms with Crippen LogP contribution in [0.25, 0.3) is 0 Å². The number of rotatable bonds is 2. The second-order valence-corrected chi connectivity index (χ2v) is 7.24. The van der Waals surface area contributed by atoms with Gasteiger partial charge in [0.25, 0.3) is 0 Å². The number of hydrogen-bond acceptors (Lipinski definition) is 3. The largest absolute Gasteiger partial charge is 0.327 e. The minimum Gasteiger partial charge on any atom is -0.327 e. The lowest BCUT2D eigenvalue weighted by Gasteiger charge is -2.18. The van der Waals surface area contributed by atoms with Crippen LogP contribution < -0.4 is 5.73 Å². The quantitative estimate of drug-likeness (QED) is 0.900. The van der Waals surface area contributed by atoms with E-state index in [4.69, 9.17) is 5.73 Å². The number of nitrogens with two attached hydrogens (primary N) is 1. The molecule has 1 aliphatic carbocycles. The predicted molar refractivity (Wildman–Crippen MR) is 76.6 cm³/mol. The van der Waals surface area contributed by atoms with E-state index < -0.39 is 10.0 Å². The van der Waals surface area contributed by atoms with Gasteiger partial charge >= 0.3 is 0 Å². The molecular formula is C13H19ClN2O2S. The predicted octanol–water partition coefficient (Wildman–Crippen LogP) is 1.47. The van der Waals surface area contributed by atoms with Gasteiger partial charge in [0.2, 0.25) is 10.0 Å². The Morgan fingerprint density at radius 2 is 1.79 bits per heavy atom. The minimum atomic E-state index is -3.33. The number of benzene rings is 1. The third-order valence-corrected chi connectivity index (χ3v) is 6.11. The smallest absolute Gasteiger partial charge is 0.243 e. The fourth-order valence-corrected chi connectivity index (χ4v) is 4.76. The summed E-state index contributed by atoms with van der Waals surface area (Å²) in [6.45, 7) is 1.22. The molecule has 0 aromatic heterocycles. The molecule has 1 aromatic rings. The Bertz CT molecular complexity index is 535. The molecule has 2 aliphatic rings. The van der Waals surface area contributed by atoms with Gasteiger partial charge in [-0.3, -0.25) is 0 Å². The molecule has 1 saturated heterocycles. The van der Waals surface area contributed by atoms with Crippen molar-refractivity contribution in [3.05, 3.63) is 30.3 Å². The third-order valence-electron chi connectivity index (χ3n) is 4.26. The Morgan fingerprint density at radius 1 is 1.11 bits per heavy atom. The van der Waals surface area contributed by atoms with E-state index in [1.54, 1.807) is 28.6 Å². The summed E-state index contributed by atoms with van der Waals surface area (Å²) in [7, 11) is -3.33. The van der Waals surface area contributed by atoms with E-state index >= 15 is 0 Å². The van der Waals surface area contributed by atoms with Gasteiger partial charge in [-0.15, -0.1) is 12.4 Å². The summed E-state index contributed by atoms with van der Waals surface area (Å²) >= 11 is 0. The van der Waals surface area contributed by atoms with Crippen LogP contribution in [0.4, 0.5) is 0 Å². The fraction of sp³-hybridized carbons (Fsp3) is 0.538. The summed E-state index contributed by atoms with van der Waals surface area (Å²) in [5.74, 6) is 0.807. The zero-order chi connectivity index (χ0) is 12.8. The Kier molecular flexibility index (Phi) is 4.20. The summed E-state index contributed by atoms with van der Waals surface area (Å²) in [4.78, 5) is 0.388. The lowest BCUT2D eigenvalue weighted by molar-refractivity contribution is 0.427. The van der Waals surface area contributed by atoms with Crippen molar-refractivity contribution in [2.75, 3.05) is 13.1 Å². The molecule has 1 heterocycles. The highest BCUT2D eigenvalue weighted by atomic mass is 35.5. The zero-order valence-electron chi connectivity index (χ0n) is 10.6. The molecule has 2 fully saturated rings. The molecule has 19 heavy (non-hydrogen) atoms. The van der Waals surface area contributed by atoms with Gasteiger partial charge in [-0.25, -0.2) is 8.42 Å². The van der Waals surface area contributed by atoms with Crippen molar-refractivity contribution < 1.29 is 8.42 Å². The van der Waals surface area contributed by atoms with Gasteiger partial charge in [0.05, 0.1) is 4.90 Å². The Labute approximate surface area is 120 Å². The van der Waals surface area contributed by atoms with Crippen LogP contribution in [-0.2, 0) is 10.0 Å². The average Bonchev–Trinajstić information content (AvgIpc) is 2.94. The Balaban J connectivity index is 0.00000133. The molecule has 4 nitrogen and oxygen atoms in total. The van der Waals surface area contributed by atoms with Crippen LogP contribution in [0.5, 0.6) is 0 Å². The number of halogens is 1. The highest BCUT2D eigenvalue weighted by Crippen LogP contribution is 2.39. The highest BCUT2D eigenvalue weighted by molar-refractivity contribution is 7.89. The third kappa shape index (κ3) is 2.52. The monoisotopic (exact) mass is 302 g/mol. The molecule has 0 bridgehead atoms. The zero-order valence-corrected chi connectivity index (χ0v) is 12.2. The molecule has 6 heteroatoms. The number of fused-ring (bicyclic) bond motifs is 1. The molecule has 0 spiro atoms. The van der Waals surface area contributed by atoms with Gasteiger partial charge in [0.1, 0.15) is 0 Å². The van der Waals surface area contributed by atoms with Crippen molar-refractivity contribution >= 4 is 22.4 Å². The second-order valence-electron chi connectivity index (χ2n) is 5.30. The fourth-order valence-electron chi connectivity index (χ4n) is 3.20. The van der Waals surface area contributed by atoms with Crippen LogP contribution in [0.15, 0.2) is 35.2 Å². The molecular weight excluding hydrogens is 284 g/mol. The van der Waals surface area contributed by atoms with E-state index in [-0.39, 0.29) is 18.4 Å². The summed E-state index contributed by atoms with van der Waals surface area (Å²) in [6.07, 6.45) is 2.10. The normalized spacial score (nSPS) is 30.9. The number of sulfonamides is 1. The number of nitrogens with zero attached hydrogens (tertiary/aromatic N) is 1. The van der Waals surface area contributed by atoms with Crippen molar-refractivity contribution in [1.82, 2.24) is 4.31 Å². The molecule has 1 saturated carbocycles. The topological polar surface area (TPSA) is 63.4 Å². The second kappa shape index (κ2) is 5.40. The molecule has 0 radical (unpaired) electrons. The van der Waals surface area contributed by atoms with E-state index in [0.717, 1.165) is 12.8 Å². The summed E-state index contributed by atoms with van der Waals surface area (Å²) in [5.41, 5.74) is 6.04. The van der Waals surface area contributed by atoms with Crippen molar-refractivity contribution in [3.8, 4) is 0 Å². The summed E-state index contributed by atoms with van der Waals surface area (Å²) < 4.78 is 26.5. The maximum atomic E-state index is 12.5. The minimum absolute atomic E-state index is 0. The van der Waals surface area contributed by atoms with Gasteiger partial charge in [-0.05, 0) is 36.8 Å². The lowest BCUT2D eigenvalue weighted by atomic mass is 9.98. The highest BCUT2D eigenvalue weighted by Gasteiger charge is 2.44. The first kappa shape index (κ1) is 14.8. The number of hydrogen-bond donors (Lipinski definition) is 1. The van der Waals surface area contributed by atoms with E-state index in [9.17, 15) is 8.42 Å². The van der Waals surface area contributed by atoms with E-state index in [1.165, 1.54) is 0 Å². The van der Waals surface area contributed by atoms with E-state index in [2.05, 4.69) is 0 Å². The SMILES string of the molecule is Cl.NC1CCC2CN(S(=O)(=O)c3ccccc3)CC12. The Hall–Kier alpha value is -0.620. The van der Waals surface area contributed by atoms with Gasteiger partial charge in [0, 0.05) is 19.1 Å². The van der Waals surface area contributed by atoms with Crippen molar-refractivity contribution in [1.29, 1.82) is 0 Å². The van der Waals surface area contributed by atoms with Crippen molar-refractivity contribution in [2.24, 2.45) is 17.6 Å². The first-order chi connectivity index (χ1) is 8.59. The average molecular weight is 303 g/mol. The standard InChI is InChI=1S/C13H18N2O2S.ClH/c14-13-7-6-10-8-15(9-12(10)13)18(16,17)11-4-2-1-3-5-11;/h1-5,10,12-13H,6-9,14H2;1H. The maximum Gasteiger partial charge on any atom is 0.243 e. The van der Waals surface area contributed by atoms with Gasteiger partial charge in [0.15, 0.2) is 0 Å². The maximum absolute atomic E-state index is 12.5. The Morgan fingerprint density at radius 3 is 2.42 bits per heavy atom. The summed E-state index contributed by atoms with van der Waals surface area (Å²) in [6, 6.07) is 8.83. The molecule has 1 aliphatic heterocycles. The van der Waals surface area contributed by atoms with Crippen LogP contribution in [0.1, 0.15) is 12.8 Å². The molecule has 3 atom stereocenters. The van der Waals surface area contributed by atoms with Crippen LogP contribution >= 0.6 is 12.4 Å². The van der Waals surface area contributed by atoms with Crippen LogP contribution in [0, 0.1) is 11.8 Å². The van der Waals surface area contributed by atoms with Crippen LogP contribution in [-0.4, -0.2) is 31.9 Å². The van der Waals surface area contributed by atoms with E-state index in [1.807, 2.05) is 6.07 Å². The molecule has 0 amide bonds. The molecule has 106 valence electrons. The van der Waals surface area contributed by atoms with Crippen molar-refractivity contribution in [3.63, 3.8) is 0 Å². The van der Waals surface area contributed by atoms with Crippen molar-refractivity contribution in [2.45, 2.75) is 23.8 Å². The summed E-state index contributed by atoms with van der Waals surface area (Å²) in [5, 5.41) is 0. The lowest BCUT2D eigenvalue weighted by Crippen LogP contribution is -2.33. The molecule has 3 rings (SSSR count). The van der Waals surface area contributed by atoms with Crippen LogP contribution in [0.2, 0.25) is 0 Å². The van der Waals surface area contributed by atoms with E-state index in [0.29, 0.717) is 29.8 Å². The molecule has 3 unspecified atom stereocenters. The first-order valence-electron chi connectivity index (χ1n) is 6.40.